The fraction of sp³-hybridized carbons (Fsp3) is 1.00. The first-order chi connectivity index (χ1) is 8.70. The van der Waals surface area contributed by atoms with Crippen LogP contribution in [0.2, 0.25) is 0 Å². The van der Waals surface area contributed by atoms with Crippen molar-refractivity contribution < 1.29 is 0 Å². The molecule has 3 unspecified atom stereocenters. The second-order valence-corrected chi connectivity index (χ2v) is 6.13. The second kappa shape index (κ2) is 6.85. The Bertz CT molecular complexity index is 246. The third-order valence-corrected chi connectivity index (χ3v) is 4.77. The van der Waals surface area contributed by atoms with Gasteiger partial charge in [-0.05, 0) is 52.9 Å². The van der Waals surface area contributed by atoms with E-state index in [1.807, 2.05) is 0 Å². The van der Waals surface area contributed by atoms with Crippen molar-refractivity contribution in [3.8, 4) is 0 Å². The van der Waals surface area contributed by atoms with Crippen LogP contribution in [0.15, 0.2) is 0 Å². The Morgan fingerprint density at radius 3 is 2.83 bits per heavy atom. The maximum atomic E-state index is 3.58. The molecule has 2 aliphatic rings. The van der Waals surface area contributed by atoms with E-state index < -0.39 is 0 Å². The van der Waals surface area contributed by atoms with Gasteiger partial charge in [0.1, 0.15) is 0 Å². The molecule has 2 N–H and O–H groups in total. The predicted octanol–water partition coefficient (Wildman–Crippen LogP) is 0.210. The van der Waals surface area contributed by atoms with E-state index in [0.29, 0.717) is 12.1 Å². The van der Waals surface area contributed by atoms with Crippen molar-refractivity contribution in [1.29, 1.82) is 0 Å². The Balaban J connectivity index is 1.87. The molecule has 2 fully saturated rings. The van der Waals surface area contributed by atoms with Crippen molar-refractivity contribution >= 4 is 0 Å². The van der Waals surface area contributed by atoms with Gasteiger partial charge in [0, 0.05) is 38.3 Å². The standard InChI is InChI=1S/C14H30N4/c1-15-14(12-5-4-7-17(2)11-12)9-13-10-16-6-8-18(13)3/h12-16H,4-11H2,1-3H3. The van der Waals surface area contributed by atoms with Crippen molar-refractivity contribution in [2.24, 2.45) is 5.92 Å². The molecule has 0 radical (unpaired) electrons. The molecule has 0 amide bonds. The van der Waals surface area contributed by atoms with Crippen molar-refractivity contribution in [2.75, 3.05) is 53.9 Å². The molecule has 0 bridgehead atoms. The van der Waals surface area contributed by atoms with Gasteiger partial charge in [0.25, 0.3) is 0 Å². The smallest absolute Gasteiger partial charge is 0.0233 e. The summed E-state index contributed by atoms with van der Waals surface area (Å²) in [6.45, 7) is 6.01. The molecular formula is C14H30N4. The molecule has 18 heavy (non-hydrogen) atoms. The predicted molar refractivity (Wildman–Crippen MR) is 77.0 cm³/mol. The molecule has 2 rings (SSSR count). The zero-order valence-corrected chi connectivity index (χ0v) is 12.3. The lowest BCUT2D eigenvalue weighted by molar-refractivity contribution is 0.131. The summed E-state index contributed by atoms with van der Waals surface area (Å²) < 4.78 is 0. The van der Waals surface area contributed by atoms with E-state index in [9.17, 15) is 0 Å². The third-order valence-electron chi connectivity index (χ3n) is 4.77. The summed E-state index contributed by atoms with van der Waals surface area (Å²) in [6.07, 6.45) is 4.02. The molecule has 0 saturated carbocycles. The second-order valence-electron chi connectivity index (χ2n) is 6.13. The van der Waals surface area contributed by atoms with Crippen molar-refractivity contribution in [1.82, 2.24) is 20.4 Å². The minimum absolute atomic E-state index is 0.667. The highest BCUT2D eigenvalue weighted by molar-refractivity contribution is 4.87. The van der Waals surface area contributed by atoms with Gasteiger partial charge in [-0.3, -0.25) is 0 Å². The van der Waals surface area contributed by atoms with E-state index in [4.69, 9.17) is 0 Å². The molecule has 2 heterocycles. The number of nitrogens with zero attached hydrogens (tertiary/aromatic N) is 2. The minimum atomic E-state index is 0.667. The molecule has 106 valence electrons. The molecule has 0 aliphatic carbocycles. The Morgan fingerprint density at radius 2 is 2.17 bits per heavy atom. The first-order valence-corrected chi connectivity index (χ1v) is 7.47. The lowest BCUT2D eigenvalue weighted by atomic mass is 9.86. The summed E-state index contributed by atoms with van der Waals surface area (Å²) in [7, 11) is 6.66. The summed E-state index contributed by atoms with van der Waals surface area (Å²) in [4.78, 5) is 5.01. The molecule has 0 aromatic rings. The average Bonchev–Trinajstić information content (AvgIpc) is 2.38. The van der Waals surface area contributed by atoms with Crippen LogP contribution >= 0.6 is 0 Å². The number of piperidine rings is 1. The van der Waals surface area contributed by atoms with E-state index in [1.54, 1.807) is 0 Å². The number of piperazine rings is 1. The fourth-order valence-corrected chi connectivity index (χ4v) is 3.50. The van der Waals surface area contributed by atoms with Gasteiger partial charge in [-0.25, -0.2) is 0 Å². The highest BCUT2D eigenvalue weighted by Gasteiger charge is 2.29. The van der Waals surface area contributed by atoms with Gasteiger partial charge >= 0.3 is 0 Å². The van der Waals surface area contributed by atoms with E-state index >= 15 is 0 Å². The quantitative estimate of drug-likeness (QED) is 0.751. The third kappa shape index (κ3) is 3.67. The summed E-state index contributed by atoms with van der Waals surface area (Å²) >= 11 is 0. The lowest BCUT2D eigenvalue weighted by Gasteiger charge is -2.40. The van der Waals surface area contributed by atoms with Gasteiger partial charge in [0.05, 0.1) is 0 Å². The highest BCUT2D eigenvalue weighted by Crippen LogP contribution is 2.22. The van der Waals surface area contributed by atoms with Crippen molar-refractivity contribution in [2.45, 2.75) is 31.3 Å². The van der Waals surface area contributed by atoms with E-state index in [0.717, 1.165) is 19.0 Å². The minimum Gasteiger partial charge on any atom is -0.317 e. The number of nitrogens with one attached hydrogen (secondary N) is 2. The molecule has 0 aromatic carbocycles. The first kappa shape index (κ1) is 14.3. The number of likely N-dealkylation sites (tertiary alicyclic amines) is 1. The van der Waals surface area contributed by atoms with Crippen LogP contribution in [0.5, 0.6) is 0 Å². The largest absolute Gasteiger partial charge is 0.317 e. The van der Waals surface area contributed by atoms with Crippen molar-refractivity contribution in [3.05, 3.63) is 0 Å². The first-order valence-electron chi connectivity index (χ1n) is 7.47. The summed E-state index contributed by atoms with van der Waals surface area (Å²) in [5.41, 5.74) is 0. The molecule has 4 heteroatoms. The zero-order valence-electron chi connectivity index (χ0n) is 12.3. The average molecular weight is 254 g/mol. The van der Waals surface area contributed by atoms with Gasteiger partial charge in [0.15, 0.2) is 0 Å². The lowest BCUT2D eigenvalue weighted by Crippen LogP contribution is -2.53. The number of hydrogen-bond donors (Lipinski definition) is 2. The van der Waals surface area contributed by atoms with E-state index in [2.05, 4.69) is 41.6 Å². The molecule has 2 aliphatic heterocycles. The SMILES string of the molecule is CNC(CC1CNCCN1C)C1CCCN(C)C1. The van der Waals surface area contributed by atoms with Crippen LogP contribution < -0.4 is 10.6 Å². The van der Waals surface area contributed by atoms with Crippen LogP contribution in [0, 0.1) is 5.92 Å². The van der Waals surface area contributed by atoms with Crippen molar-refractivity contribution in [3.63, 3.8) is 0 Å². The van der Waals surface area contributed by atoms with Crippen LogP contribution in [-0.2, 0) is 0 Å². The van der Waals surface area contributed by atoms with Crippen LogP contribution in [0.3, 0.4) is 0 Å². The summed E-state index contributed by atoms with van der Waals surface area (Å²) in [6, 6.07) is 1.36. The summed E-state index contributed by atoms with van der Waals surface area (Å²) in [5.74, 6) is 0.823. The topological polar surface area (TPSA) is 30.5 Å². The molecule has 4 nitrogen and oxygen atoms in total. The van der Waals surface area contributed by atoms with Gasteiger partial charge in [-0.2, -0.15) is 0 Å². The number of rotatable bonds is 4. The highest BCUT2D eigenvalue weighted by atomic mass is 15.2. The van der Waals surface area contributed by atoms with Crippen LogP contribution in [0.4, 0.5) is 0 Å². The zero-order chi connectivity index (χ0) is 13.0. The van der Waals surface area contributed by atoms with Crippen LogP contribution in [0.1, 0.15) is 19.3 Å². The fourth-order valence-electron chi connectivity index (χ4n) is 3.50. The molecule has 0 aromatic heterocycles. The van der Waals surface area contributed by atoms with E-state index in [1.165, 1.54) is 38.9 Å². The number of likely N-dealkylation sites (N-methyl/N-ethyl adjacent to an activating group) is 1. The monoisotopic (exact) mass is 254 g/mol. The van der Waals surface area contributed by atoms with Crippen LogP contribution in [0.25, 0.3) is 0 Å². The molecule has 3 atom stereocenters. The molecule has 2 saturated heterocycles. The normalized spacial score (nSPS) is 33.5. The van der Waals surface area contributed by atoms with E-state index in [-0.39, 0.29) is 0 Å². The van der Waals surface area contributed by atoms with Gasteiger partial charge in [-0.15, -0.1) is 0 Å². The summed E-state index contributed by atoms with van der Waals surface area (Å²) in [5, 5.41) is 7.11. The Morgan fingerprint density at radius 1 is 1.33 bits per heavy atom. The molecular weight excluding hydrogens is 224 g/mol. The maximum Gasteiger partial charge on any atom is 0.0233 e. The van der Waals surface area contributed by atoms with Gasteiger partial charge in [0.2, 0.25) is 0 Å². The van der Waals surface area contributed by atoms with Gasteiger partial charge < -0.3 is 20.4 Å². The Labute approximate surface area is 112 Å². The Hall–Kier alpha value is -0.160. The molecule has 0 spiro atoms. The Kier molecular flexibility index (Phi) is 5.42. The van der Waals surface area contributed by atoms with Gasteiger partial charge in [-0.1, -0.05) is 0 Å². The van der Waals surface area contributed by atoms with Crippen LogP contribution in [-0.4, -0.2) is 75.8 Å². The number of hydrogen-bond acceptors (Lipinski definition) is 4. The maximum absolute atomic E-state index is 3.58.